The zero-order chi connectivity index (χ0) is 7.40. The van der Waals surface area contributed by atoms with E-state index < -0.39 is 0 Å². The number of halogens is 2. The summed E-state index contributed by atoms with van der Waals surface area (Å²) in [6, 6.07) is 7.64. The monoisotopic (exact) mass is 257 g/mol. The fraction of sp³-hybridized carbons (Fsp3) is 0. The summed E-state index contributed by atoms with van der Waals surface area (Å²) in [5.74, 6) is 0. The summed E-state index contributed by atoms with van der Waals surface area (Å²) in [7, 11) is 0. The molecular weight excluding hydrogens is 254 g/mol. The molecule has 0 aromatic heterocycles. The van der Waals surface area contributed by atoms with Crippen LogP contribution in [-0.4, -0.2) is 13.4 Å². The smallest absolute Gasteiger partial charge is 0.197 e. The summed E-state index contributed by atoms with van der Waals surface area (Å²) in [6.07, 6.45) is 0. The second kappa shape index (κ2) is 6.54. The number of benzene rings is 1. The molecule has 0 spiro atoms. The molecule has 0 N–H and O–H groups in total. The van der Waals surface area contributed by atoms with Gasteiger partial charge < -0.3 is 0 Å². The molecule has 0 aliphatic rings. The number of hydrogen-bond acceptors (Lipinski definition) is 0. The molecule has 0 unspecified atom stereocenters. The Morgan fingerprint density at radius 1 is 0.909 bits per heavy atom. The SMILES string of the molecule is Cl[B]c1ccccc1[B]Cl.[Y]. The third kappa shape index (κ3) is 3.50. The van der Waals surface area contributed by atoms with Crippen LogP contribution >= 0.6 is 22.9 Å². The molecule has 0 saturated heterocycles. The van der Waals surface area contributed by atoms with E-state index in [1.807, 2.05) is 24.3 Å². The Hall–Kier alpha value is 1.03. The first-order valence-electron chi connectivity index (χ1n) is 2.84. The van der Waals surface area contributed by atoms with Gasteiger partial charge in [-0.3, -0.25) is 0 Å². The molecule has 51 valence electrons. The fourth-order valence-electron chi connectivity index (χ4n) is 0.710. The Kier molecular flexibility index (Phi) is 7.15. The van der Waals surface area contributed by atoms with Gasteiger partial charge in [-0.25, -0.2) is 0 Å². The van der Waals surface area contributed by atoms with Gasteiger partial charge in [0.15, 0.2) is 0 Å². The van der Waals surface area contributed by atoms with Crippen molar-refractivity contribution in [3.8, 4) is 0 Å². The molecule has 1 aromatic carbocycles. The van der Waals surface area contributed by atoms with Gasteiger partial charge in [-0.1, -0.05) is 35.2 Å². The predicted molar refractivity (Wildman–Crippen MR) is 48.9 cm³/mol. The zero-order valence-electron chi connectivity index (χ0n) is 5.80. The largest absolute Gasteiger partial charge is 0.275 e. The molecule has 0 nitrogen and oxygen atoms in total. The standard InChI is InChI=1S/C6H4B2Cl2.Y/c9-7-5-3-1-2-4-6(5)8-10;/h1-4H;. The molecule has 0 heterocycles. The molecule has 0 saturated carbocycles. The zero-order valence-corrected chi connectivity index (χ0v) is 10.1. The van der Waals surface area contributed by atoms with Gasteiger partial charge in [0.05, 0.1) is 0 Å². The van der Waals surface area contributed by atoms with Crippen LogP contribution < -0.4 is 10.9 Å². The van der Waals surface area contributed by atoms with Gasteiger partial charge >= 0.3 is 0 Å². The predicted octanol–water partition coefficient (Wildman–Crippen LogP) is 0.651. The molecular formula is C6H4B2Cl2Y. The maximum atomic E-state index is 5.51. The van der Waals surface area contributed by atoms with E-state index in [0.717, 1.165) is 10.9 Å². The Morgan fingerprint density at radius 3 is 1.55 bits per heavy atom. The fourth-order valence-corrected chi connectivity index (χ4v) is 1.11. The van der Waals surface area contributed by atoms with E-state index in [1.54, 1.807) is 0 Å². The second-order valence-corrected chi connectivity index (χ2v) is 2.28. The van der Waals surface area contributed by atoms with Crippen molar-refractivity contribution in [1.29, 1.82) is 0 Å². The summed E-state index contributed by atoms with van der Waals surface area (Å²) in [6.45, 7) is 3.02. The van der Waals surface area contributed by atoms with E-state index in [4.69, 9.17) is 22.9 Å². The van der Waals surface area contributed by atoms with E-state index in [2.05, 4.69) is 0 Å². The van der Waals surface area contributed by atoms with Crippen LogP contribution in [0.3, 0.4) is 0 Å². The molecule has 5 heteroatoms. The van der Waals surface area contributed by atoms with Crippen molar-refractivity contribution in [3.63, 3.8) is 0 Å². The van der Waals surface area contributed by atoms with E-state index in [9.17, 15) is 0 Å². The normalized spacial score (nSPS) is 8.18. The first-order chi connectivity index (χ1) is 4.88. The minimum absolute atomic E-state index is 0. The molecule has 0 amide bonds. The molecule has 0 atom stereocenters. The van der Waals surface area contributed by atoms with E-state index >= 15 is 0 Å². The summed E-state index contributed by atoms with van der Waals surface area (Å²) >= 11 is 11.0. The second-order valence-electron chi connectivity index (χ2n) is 1.85. The summed E-state index contributed by atoms with van der Waals surface area (Å²) in [5, 5.41) is 0. The van der Waals surface area contributed by atoms with Crippen LogP contribution in [0.4, 0.5) is 0 Å². The van der Waals surface area contributed by atoms with Crippen LogP contribution in [0.5, 0.6) is 0 Å². The summed E-state index contributed by atoms with van der Waals surface area (Å²) in [5.41, 5.74) is 1.89. The Bertz CT molecular complexity index is 196. The Balaban J connectivity index is 0.000001000. The maximum absolute atomic E-state index is 5.51. The van der Waals surface area contributed by atoms with Crippen LogP contribution in [0, 0.1) is 0 Å². The first-order valence-corrected chi connectivity index (χ1v) is 3.71. The van der Waals surface area contributed by atoms with Crippen molar-refractivity contribution in [2.45, 2.75) is 0 Å². The summed E-state index contributed by atoms with van der Waals surface area (Å²) in [4.78, 5) is 0. The van der Waals surface area contributed by atoms with Crippen LogP contribution in [0.2, 0.25) is 0 Å². The molecule has 0 aliphatic heterocycles. The van der Waals surface area contributed by atoms with Gasteiger partial charge in [0, 0.05) is 32.7 Å². The van der Waals surface area contributed by atoms with Gasteiger partial charge in [0.25, 0.3) is 13.4 Å². The molecule has 0 aliphatic carbocycles. The van der Waals surface area contributed by atoms with Crippen molar-refractivity contribution in [2.75, 3.05) is 0 Å². The quantitative estimate of drug-likeness (QED) is 0.683. The van der Waals surface area contributed by atoms with Gasteiger partial charge in [0.1, 0.15) is 0 Å². The average Bonchev–Trinajstić information content (AvgIpc) is 2.04. The van der Waals surface area contributed by atoms with Crippen molar-refractivity contribution in [1.82, 2.24) is 0 Å². The Morgan fingerprint density at radius 2 is 1.27 bits per heavy atom. The number of hydrogen-bond donors (Lipinski definition) is 0. The van der Waals surface area contributed by atoms with Crippen molar-refractivity contribution >= 4 is 47.2 Å². The van der Waals surface area contributed by atoms with E-state index in [0.29, 0.717) is 0 Å². The molecule has 3 radical (unpaired) electrons. The van der Waals surface area contributed by atoms with Gasteiger partial charge in [-0.2, -0.15) is 22.9 Å². The molecule has 0 fully saturated rings. The first kappa shape index (κ1) is 12.0. The van der Waals surface area contributed by atoms with Crippen LogP contribution in [-0.2, 0) is 32.7 Å². The van der Waals surface area contributed by atoms with Crippen molar-refractivity contribution in [2.24, 2.45) is 0 Å². The van der Waals surface area contributed by atoms with Gasteiger partial charge in [-0.15, -0.1) is 0 Å². The topological polar surface area (TPSA) is 0 Å². The summed E-state index contributed by atoms with van der Waals surface area (Å²) < 4.78 is 0. The molecule has 11 heavy (non-hydrogen) atoms. The van der Waals surface area contributed by atoms with Crippen LogP contribution in [0.15, 0.2) is 24.3 Å². The minimum Gasteiger partial charge on any atom is -0.197 e. The minimum atomic E-state index is 0. The van der Waals surface area contributed by atoms with Crippen LogP contribution in [0.25, 0.3) is 0 Å². The third-order valence-corrected chi connectivity index (χ3v) is 1.70. The maximum Gasteiger partial charge on any atom is 0.275 e. The van der Waals surface area contributed by atoms with Gasteiger partial charge in [0.2, 0.25) is 0 Å². The van der Waals surface area contributed by atoms with Crippen molar-refractivity contribution in [3.05, 3.63) is 24.3 Å². The molecule has 0 bridgehead atoms. The number of rotatable bonds is 2. The van der Waals surface area contributed by atoms with Crippen molar-refractivity contribution < 1.29 is 32.7 Å². The molecule has 1 rings (SSSR count). The van der Waals surface area contributed by atoms with Gasteiger partial charge in [-0.05, 0) is 0 Å². The molecule has 1 aromatic rings. The third-order valence-electron chi connectivity index (χ3n) is 1.23. The Labute approximate surface area is 103 Å². The average molecular weight is 258 g/mol. The van der Waals surface area contributed by atoms with Crippen LogP contribution in [0.1, 0.15) is 0 Å². The van der Waals surface area contributed by atoms with E-state index in [-0.39, 0.29) is 32.7 Å². The van der Waals surface area contributed by atoms with E-state index in [1.165, 1.54) is 13.4 Å².